The number of halogens is 1. The summed E-state index contributed by atoms with van der Waals surface area (Å²) in [6, 6.07) is 18.8. The van der Waals surface area contributed by atoms with Crippen molar-refractivity contribution < 1.29 is 14.1 Å². The molecular weight excluding hydrogens is 438 g/mol. The fraction of sp³-hybridized carbons (Fsp3) is 0.0909. The first kappa shape index (κ1) is 20.9. The lowest BCUT2D eigenvalue weighted by Crippen LogP contribution is -2.19. The summed E-state index contributed by atoms with van der Waals surface area (Å²) in [6.45, 7) is 1.75. The number of hydrogen-bond donors (Lipinski definition) is 1. The lowest BCUT2D eigenvalue weighted by Gasteiger charge is -2.15. The molecule has 1 N–H and O–H groups in total. The van der Waals surface area contributed by atoms with E-state index in [-0.39, 0.29) is 11.4 Å². The van der Waals surface area contributed by atoms with Gasteiger partial charge in [-0.2, -0.15) is 0 Å². The number of fused-ring (bicyclic) bond motifs is 1. The highest BCUT2D eigenvalue weighted by Crippen LogP contribution is 2.38. The van der Waals surface area contributed by atoms with E-state index in [0.29, 0.717) is 26.9 Å². The Labute approximate surface area is 186 Å². The lowest BCUT2D eigenvalue weighted by atomic mass is 10.1. The molecule has 9 heteroatoms. The van der Waals surface area contributed by atoms with E-state index in [0.717, 1.165) is 17.3 Å². The largest absolute Gasteiger partial charge is 0.431 e. The molecule has 156 valence electrons. The molecule has 0 radical (unpaired) electrons. The maximum Gasteiger partial charge on any atom is 0.293 e. The van der Waals surface area contributed by atoms with Gasteiger partial charge in [0.25, 0.3) is 10.9 Å². The number of nitro groups is 1. The Morgan fingerprint density at radius 2 is 1.94 bits per heavy atom. The molecule has 3 aromatic carbocycles. The number of oxazole rings is 1. The van der Waals surface area contributed by atoms with Crippen LogP contribution < -0.4 is 5.32 Å². The number of amides is 1. The maximum absolute atomic E-state index is 13.2. The Bertz CT molecular complexity index is 1280. The zero-order valence-corrected chi connectivity index (χ0v) is 17.8. The van der Waals surface area contributed by atoms with Gasteiger partial charge in [0.1, 0.15) is 16.5 Å². The van der Waals surface area contributed by atoms with E-state index >= 15 is 0 Å². The van der Waals surface area contributed by atoms with Crippen molar-refractivity contribution in [1.29, 1.82) is 0 Å². The smallest absolute Gasteiger partial charge is 0.293 e. The summed E-state index contributed by atoms with van der Waals surface area (Å²) in [4.78, 5) is 28.5. The molecule has 4 aromatic rings. The summed E-state index contributed by atoms with van der Waals surface area (Å²) >= 11 is 7.13. The molecule has 0 saturated carbocycles. The Hall–Kier alpha value is -3.36. The van der Waals surface area contributed by atoms with Gasteiger partial charge in [-0.15, -0.1) is 0 Å². The lowest BCUT2D eigenvalue weighted by molar-refractivity contribution is -0.384. The van der Waals surface area contributed by atoms with E-state index < -0.39 is 16.1 Å². The Morgan fingerprint density at radius 1 is 1.16 bits per heavy atom. The minimum atomic E-state index is -0.745. The number of rotatable bonds is 6. The van der Waals surface area contributed by atoms with Crippen molar-refractivity contribution in [2.45, 2.75) is 17.4 Å². The molecule has 0 aliphatic rings. The van der Waals surface area contributed by atoms with Gasteiger partial charge in [0, 0.05) is 11.1 Å². The van der Waals surface area contributed by atoms with Crippen LogP contribution in [0.2, 0.25) is 5.02 Å². The molecule has 1 atom stereocenters. The van der Waals surface area contributed by atoms with Gasteiger partial charge in [-0.1, -0.05) is 48.0 Å². The molecule has 1 unspecified atom stereocenters. The second-order valence-electron chi connectivity index (χ2n) is 6.77. The van der Waals surface area contributed by atoms with Crippen LogP contribution >= 0.6 is 23.4 Å². The monoisotopic (exact) mass is 453 g/mol. The van der Waals surface area contributed by atoms with Crippen molar-refractivity contribution in [1.82, 2.24) is 4.98 Å². The van der Waals surface area contributed by atoms with Crippen LogP contribution in [0.15, 0.2) is 76.4 Å². The molecule has 1 heterocycles. The van der Waals surface area contributed by atoms with E-state index in [1.165, 1.54) is 12.1 Å². The molecule has 4 rings (SSSR count). The Morgan fingerprint density at radius 3 is 2.68 bits per heavy atom. The predicted molar refractivity (Wildman–Crippen MR) is 121 cm³/mol. The Kier molecular flexibility index (Phi) is 5.92. The number of nitrogens with one attached hydrogen (secondary N) is 1. The van der Waals surface area contributed by atoms with Gasteiger partial charge in [0.2, 0.25) is 5.91 Å². The minimum absolute atomic E-state index is 0.131. The van der Waals surface area contributed by atoms with Crippen molar-refractivity contribution in [2.24, 2.45) is 0 Å². The first-order chi connectivity index (χ1) is 14.9. The van der Waals surface area contributed by atoms with Crippen LogP contribution in [0.25, 0.3) is 11.1 Å². The highest BCUT2D eigenvalue weighted by molar-refractivity contribution is 8.00. The molecule has 1 amide bonds. The van der Waals surface area contributed by atoms with Crippen LogP contribution in [-0.2, 0) is 4.79 Å². The summed E-state index contributed by atoms with van der Waals surface area (Å²) in [6.07, 6.45) is 0. The molecule has 0 fully saturated rings. The number of hydrogen-bond acceptors (Lipinski definition) is 6. The number of aromatic nitrogens is 1. The number of thioether (sulfide) groups is 1. The number of carbonyl (C=O) groups is 1. The van der Waals surface area contributed by atoms with Gasteiger partial charge < -0.3 is 9.73 Å². The van der Waals surface area contributed by atoms with Crippen LogP contribution in [-0.4, -0.2) is 15.8 Å². The fourth-order valence-corrected chi connectivity index (χ4v) is 4.14. The zero-order chi connectivity index (χ0) is 22.0. The second-order valence-corrected chi connectivity index (χ2v) is 8.26. The molecule has 0 aliphatic carbocycles. The highest BCUT2D eigenvalue weighted by atomic mass is 35.5. The number of nitrogens with zero attached hydrogens (tertiary/aromatic N) is 2. The molecule has 0 spiro atoms. The second kappa shape index (κ2) is 8.79. The SMILES string of the molecule is Cc1ccc(NC(=O)C(Sc2nc3cc(Cl)ccc3o2)c2ccccc2)c([N+](=O)[O-])c1. The molecular formula is C22H16ClN3O4S. The van der Waals surface area contributed by atoms with Crippen molar-refractivity contribution in [3.8, 4) is 0 Å². The van der Waals surface area contributed by atoms with Crippen LogP contribution in [0.1, 0.15) is 16.4 Å². The number of aryl methyl sites for hydroxylation is 1. The standard InChI is InChI=1S/C22H16ClN3O4S/c1-13-7-9-16(18(11-13)26(28)29)24-21(27)20(14-5-3-2-4-6-14)31-22-25-17-12-15(23)8-10-19(17)30-22/h2-12,20H,1H3,(H,24,27). The van der Waals surface area contributed by atoms with E-state index in [1.807, 2.05) is 18.2 Å². The van der Waals surface area contributed by atoms with E-state index in [4.69, 9.17) is 16.0 Å². The maximum atomic E-state index is 13.2. The van der Waals surface area contributed by atoms with Gasteiger partial charge >= 0.3 is 0 Å². The van der Waals surface area contributed by atoms with Crippen molar-refractivity contribution in [3.63, 3.8) is 0 Å². The molecule has 0 saturated heterocycles. The zero-order valence-electron chi connectivity index (χ0n) is 16.2. The van der Waals surface area contributed by atoms with Crippen molar-refractivity contribution in [3.05, 3.63) is 93.0 Å². The van der Waals surface area contributed by atoms with E-state index in [1.54, 1.807) is 43.3 Å². The summed E-state index contributed by atoms with van der Waals surface area (Å²) in [5, 5.41) is 14.2. The van der Waals surface area contributed by atoms with Gasteiger partial charge in [-0.25, -0.2) is 4.98 Å². The Balaban J connectivity index is 1.67. The van der Waals surface area contributed by atoms with E-state index in [9.17, 15) is 14.9 Å². The first-order valence-electron chi connectivity index (χ1n) is 9.24. The fourth-order valence-electron chi connectivity index (χ4n) is 3.03. The van der Waals surface area contributed by atoms with Crippen LogP contribution in [0, 0.1) is 17.0 Å². The number of nitro benzene ring substituents is 1. The highest BCUT2D eigenvalue weighted by Gasteiger charge is 2.27. The van der Waals surface area contributed by atoms with Gasteiger partial charge in [0.15, 0.2) is 5.58 Å². The topological polar surface area (TPSA) is 98.3 Å². The number of carbonyl (C=O) groups excluding carboxylic acids is 1. The van der Waals surface area contributed by atoms with Crippen LogP contribution in [0.4, 0.5) is 11.4 Å². The quantitative estimate of drug-likeness (QED) is 0.213. The average molecular weight is 454 g/mol. The minimum Gasteiger partial charge on any atom is -0.431 e. The average Bonchev–Trinajstić information content (AvgIpc) is 3.15. The molecule has 1 aromatic heterocycles. The summed E-state index contributed by atoms with van der Waals surface area (Å²) < 4.78 is 5.76. The van der Waals surface area contributed by atoms with Gasteiger partial charge in [0.05, 0.1) is 4.92 Å². The van der Waals surface area contributed by atoms with Crippen LogP contribution in [0.5, 0.6) is 0 Å². The molecule has 0 aliphatic heterocycles. The summed E-state index contributed by atoms with van der Waals surface area (Å²) in [7, 11) is 0. The predicted octanol–water partition coefficient (Wildman–Crippen LogP) is 6.17. The number of benzene rings is 3. The normalized spacial score (nSPS) is 11.9. The van der Waals surface area contributed by atoms with Crippen molar-refractivity contribution >= 4 is 51.7 Å². The third kappa shape index (κ3) is 4.70. The molecule has 31 heavy (non-hydrogen) atoms. The first-order valence-corrected chi connectivity index (χ1v) is 10.5. The van der Waals surface area contributed by atoms with Gasteiger partial charge in [-0.05, 0) is 54.1 Å². The van der Waals surface area contributed by atoms with E-state index in [2.05, 4.69) is 10.3 Å². The third-order valence-electron chi connectivity index (χ3n) is 4.50. The molecule has 7 nitrogen and oxygen atoms in total. The summed E-state index contributed by atoms with van der Waals surface area (Å²) in [5.74, 6) is -0.427. The van der Waals surface area contributed by atoms with Gasteiger partial charge in [-0.3, -0.25) is 14.9 Å². The third-order valence-corrected chi connectivity index (χ3v) is 5.83. The number of anilines is 1. The molecule has 0 bridgehead atoms. The van der Waals surface area contributed by atoms with Crippen LogP contribution in [0.3, 0.4) is 0 Å². The van der Waals surface area contributed by atoms with Crippen molar-refractivity contribution in [2.75, 3.05) is 5.32 Å². The summed E-state index contributed by atoms with van der Waals surface area (Å²) in [5.41, 5.74) is 2.53.